The molecule has 1 aromatic carbocycles. The summed E-state index contributed by atoms with van der Waals surface area (Å²) < 4.78 is 11.1. The molecule has 94 valence electrons. The Bertz CT molecular complexity index is 511. The fraction of sp³-hybridized carbons (Fsp3) is 0.167. The van der Waals surface area contributed by atoms with E-state index in [0.717, 1.165) is 4.47 Å². The second kappa shape index (κ2) is 5.68. The Morgan fingerprint density at radius 1 is 1.39 bits per heavy atom. The number of aromatic nitrogens is 1. The van der Waals surface area contributed by atoms with E-state index < -0.39 is 6.10 Å². The zero-order valence-electron chi connectivity index (χ0n) is 9.59. The first-order valence-electron chi connectivity index (χ1n) is 5.28. The van der Waals surface area contributed by atoms with Gasteiger partial charge in [0, 0.05) is 10.5 Å². The van der Waals surface area contributed by atoms with Crippen molar-refractivity contribution in [1.82, 2.24) is 5.16 Å². The van der Waals surface area contributed by atoms with Gasteiger partial charge in [-0.1, -0.05) is 21.1 Å². The van der Waals surface area contributed by atoms with E-state index >= 15 is 0 Å². The van der Waals surface area contributed by atoms with Crippen molar-refractivity contribution in [2.75, 3.05) is 5.32 Å². The lowest BCUT2D eigenvalue weighted by Crippen LogP contribution is -2.30. The third kappa shape index (κ3) is 3.33. The summed E-state index contributed by atoms with van der Waals surface area (Å²) in [7, 11) is 0. The van der Waals surface area contributed by atoms with Crippen molar-refractivity contribution >= 4 is 27.7 Å². The fourth-order valence-electron chi connectivity index (χ4n) is 1.28. The molecule has 1 N–H and O–H groups in total. The molecule has 1 amide bonds. The van der Waals surface area contributed by atoms with Gasteiger partial charge >= 0.3 is 0 Å². The largest absolute Gasteiger partial charge is 0.481 e. The van der Waals surface area contributed by atoms with E-state index in [4.69, 9.17) is 4.74 Å². The molecule has 0 aliphatic carbocycles. The molecule has 0 unspecified atom stereocenters. The number of ether oxygens (including phenoxy) is 1. The predicted molar refractivity (Wildman–Crippen MR) is 69.4 cm³/mol. The lowest BCUT2D eigenvalue weighted by Gasteiger charge is -2.13. The molecule has 0 aliphatic heterocycles. The lowest BCUT2D eigenvalue weighted by atomic mass is 10.3. The summed E-state index contributed by atoms with van der Waals surface area (Å²) in [6.45, 7) is 1.66. The second-order valence-corrected chi connectivity index (χ2v) is 4.50. The van der Waals surface area contributed by atoms with E-state index in [2.05, 4.69) is 30.9 Å². The van der Waals surface area contributed by atoms with Gasteiger partial charge in [-0.25, -0.2) is 0 Å². The number of amides is 1. The molecule has 5 nitrogen and oxygen atoms in total. The van der Waals surface area contributed by atoms with Gasteiger partial charge in [0.1, 0.15) is 12.0 Å². The average molecular weight is 311 g/mol. The molecule has 6 heteroatoms. The maximum Gasteiger partial charge on any atom is 0.266 e. The summed E-state index contributed by atoms with van der Waals surface area (Å²) >= 11 is 3.33. The van der Waals surface area contributed by atoms with Gasteiger partial charge in [0.2, 0.25) is 0 Å². The van der Waals surface area contributed by atoms with Crippen LogP contribution in [-0.2, 0) is 4.79 Å². The minimum Gasteiger partial charge on any atom is -0.481 e. The molecule has 1 heterocycles. The standard InChI is InChI=1S/C12H11BrN2O3/c1-8(12(16)14-11-6-7-17-15-11)18-10-4-2-9(13)3-5-10/h2-8H,1H3,(H,14,15,16)/t8-/m0/s1. The van der Waals surface area contributed by atoms with E-state index in [1.165, 1.54) is 6.26 Å². The Labute approximate surface area is 112 Å². The van der Waals surface area contributed by atoms with Gasteiger partial charge in [0.15, 0.2) is 11.9 Å². The minimum absolute atomic E-state index is 0.285. The highest BCUT2D eigenvalue weighted by molar-refractivity contribution is 9.10. The summed E-state index contributed by atoms with van der Waals surface area (Å²) in [5, 5.41) is 6.16. The van der Waals surface area contributed by atoms with Crippen molar-refractivity contribution < 1.29 is 14.1 Å². The van der Waals surface area contributed by atoms with Crippen LogP contribution in [0, 0.1) is 0 Å². The monoisotopic (exact) mass is 310 g/mol. The van der Waals surface area contributed by atoms with Gasteiger partial charge in [-0.15, -0.1) is 0 Å². The Hall–Kier alpha value is -1.82. The van der Waals surface area contributed by atoms with Crippen LogP contribution in [-0.4, -0.2) is 17.2 Å². The third-order valence-electron chi connectivity index (χ3n) is 2.18. The van der Waals surface area contributed by atoms with Crippen molar-refractivity contribution in [3.8, 4) is 5.75 Å². The number of carbonyl (C=O) groups excluding carboxylic acids is 1. The lowest BCUT2D eigenvalue weighted by molar-refractivity contribution is -0.122. The zero-order chi connectivity index (χ0) is 13.0. The highest BCUT2D eigenvalue weighted by atomic mass is 79.9. The van der Waals surface area contributed by atoms with Crippen LogP contribution in [0.4, 0.5) is 5.82 Å². The molecule has 0 fully saturated rings. The number of benzene rings is 1. The molecular formula is C12H11BrN2O3. The maximum atomic E-state index is 11.8. The van der Waals surface area contributed by atoms with Crippen LogP contribution in [0.2, 0.25) is 0 Å². The number of nitrogens with one attached hydrogen (secondary N) is 1. The van der Waals surface area contributed by atoms with Crippen LogP contribution in [0.25, 0.3) is 0 Å². The first kappa shape index (κ1) is 12.6. The molecular weight excluding hydrogens is 300 g/mol. The Morgan fingerprint density at radius 2 is 2.11 bits per heavy atom. The van der Waals surface area contributed by atoms with Gasteiger partial charge < -0.3 is 14.6 Å². The number of hydrogen-bond donors (Lipinski definition) is 1. The minimum atomic E-state index is -0.622. The van der Waals surface area contributed by atoms with Gasteiger partial charge in [-0.3, -0.25) is 4.79 Å². The molecule has 1 atom stereocenters. The molecule has 0 radical (unpaired) electrons. The first-order valence-corrected chi connectivity index (χ1v) is 6.08. The topological polar surface area (TPSA) is 64.4 Å². The van der Waals surface area contributed by atoms with Crippen molar-refractivity contribution in [2.24, 2.45) is 0 Å². The normalized spacial score (nSPS) is 11.9. The van der Waals surface area contributed by atoms with Crippen LogP contribution in [0.15, 0.2) is 45.6 Å². The first-order chi connectivity index (χ1) is 8.65. The van der Waals surface area contributed by atoms with Crippen LogP contribution in [0.5, 0.6) is 5.75 Å². The number of nitrogens with zero attached hydrogens (tertiary/aromatic N) is 1. The van der Waals surface area contributed by atoms with E-state index in [1.54, 1.807) is 25.1 Å². The smallest absolute Gasteiger partial charge is 0.266 e. The predicted octanol–water partition coefficient (Wildman–Crippen LogP) is 2.84. The molecule has 0 bridgehead atoms. The molecule has 1 aromatic heterocycles. The molecule has 2 rings (SSSR count). The number of anilines is 1. The number of halogens is 1. The molecule has 0 aliphatic rings. The van der Waals surface area contributed by atoms with Crippen molar-refractivity contribution in [1.29, 1.82) is 0 Å². The summed E-state index contributed by atoms with van der Waals surface area (Å²) in [5.41, 5.74) is 0. The van der Waals surface area contributed by atoms with Crippen LogP contribution in [0.3, 0.4) is 0 Å². The Kier molecular flexibility index (Phi) is 3.99. The van der Waals surface area contributed by atoms with E-state index in [1.807, 2.05) is 12.1 Å². The summed E-state index contributed by atoms with van der Waals surface area (Å²) in [4.78, 5) is 11.8. The van der Waals surface area contributed by atoms with Crippen molar-refractivity contribution in [3.05, 3.63) is 41.1 Å². The van der Waals surface area contributed by atoms with Gasteiger partial charge in [0.25, 0.3) is 5.91 Å². The molecule has 18 heavy (non-hydrogen) atoms. The van der Waals surface area contributed by atoms with Crippen LogP contribution < -0.4 is 10.1 Å². The summed E-state index contributed by atoms with van der Waals surface area (Å²) in [6.07, 6.45) is 0.762. The zero-order valence-corrected chi connectivity index (χ0v) is 11.2. The summed E-state index contributed by atoms with van der Waals surface area (Å²) in [6, 6.07) is 8.81. The highest BCUT2D eigenvalue weighted by Crippen LogP contribution is 2.17. The molecule has 0 spiro atoms. The number of rotatable bonds is 4. The highest BCUT2D eigenvalue weighted by Gasteiger charge is 2.15. The SMILES string of the molecule is C[C@H](Oc1ccc(Br)cc1)C(=O)Nc1ccon1. The maximum absolute atomic E-state index is 11.8. The Balaban J connectivity index is 1.93. The number of hydrogen-bond acceptors (Lipinski definition) is 4. The Morgan fingerprint density at radius 3 is 2.72 bits per heavy atom. The van der Waals surface area contributed by atoms with E-state index in [0.29, 0.717) is 11.6 Å². The van der Waals surface area contributed by atoms with Crippen LogP contribution in [0.1, 0.15) is 6.92 Å². The van der Waals surface area contributed by atoms with Crippen molar-refractivity contribution in [2.45, 2.75) is 13.0 Å². The van der Waals surface area contributed by atoms with E-state index in [-0.39, 0.29) is 5.91 Å². The third-order valence-corrected chi connectivity index (χ3v) is 2.71. The summed E-state index contributed by atoms with van der Waals surface area (Å²) in [5.74, 6) is 0.707. The van der Waals surface area contributed by atoms with E-state index in [9.17, 15) is 4.79 Å². The molecule has 2 aromatic rings. The van der Waals surface area contributed by atoms with Gasteiger partial charge in [-0.05, 0) is 31.2 Å². The van der Waals surface area contributed by atoms with Gasteiger partial charge in [-0.2, -0.15) is 0 Å². The average Bonchev–Trinajstić information content (AvgIpc) is 2.85. The van der Waals surface area contributed by atoms with Crippen molar-refractivity contribution in [3.63, 3.8) is 0 Å². The fourth-order valence-corrected chi connectivity index (χ4v) is 1.54. The number of carbonyl (C=O) groups is 1. The second-order valence-electron chi connectivity index (χ2n) is 3.59. The van der Waals surface area contributed by atoms with Crippen LogP contribution >= 0.6 is 15.9 Å². The quantitative estimate of drug-likeness (QED) is 0.943. The van der Waals surface area contributed by atoms with Gasteiger partial charge in [0.05, 0.1) is 0 Å². The molecule has 0 saturated heterocycles. The molecule has 0 saturated carbocycles.